The number of hydrogen-bond donors (Lipinski definition) is 1. The number of benzene rings is 3. The number of ether oxygens (including phenoxy) is 3. The van der Waals surface area contributed by atoms with Gasteiger partial charge in [0.1, 0.15) is 23.1 Å². The van der Waals surface area contributed by atoms with Crippen molar-refractivity contribution < 1.29 is 19.0 Å². The van der Waals surface area contributed by atoms with Gasteiger partial charge in [-0.05, 0) is 80.3 Å². The van der Waals surface area contributed by atoms with Crippen molar-refractivity contribution >= 4 is 16.9 Å². The van der Waals surface area contributed by atoms with Crippen LogP contribution in [0, 0.1) is 0 Å². The SMILES string of the molecule is COc1ccc(OCCCCn2c(CCCCCNC(=O)c3cccc(OC)c3)nc3ccccc32)cc1. The number of hydrogen-bond acceptors (Lipinski definition) is 5. The molecule has 4 rings (SSSR count). The summed E-state index contributed by atoms with van der Waals surface area (Å²) in [5, 5.41) is 3.01. The van der Waals surface area contributed by atoms with Crippen molar-refractivity contribution in [3.05, 3.63) is 84.2 Å². The van der Waals surface area contributed by atoms with Crippen molar-refractivity contribution in [3.8, 4) is 17.2 Å². The fraction of sp³-hybridized carbons (Fsp3) is 0.355. The standard InChI is InChI=1S/C31H37N3O4/c1-36-25-16-18-26(19-17-25)38-22-9-8-21-34-29-14-6-5-13-28(29)33-30(34)15-4-3-7-20-32-31(35)24-11-10-12-27(23-24)37-2/h5-6,10-14,16-19,23H,3-4,7-9,15,20-22H2,1-2H3,(H,32,35). The smallest absolute Gasteiger partial charge is 0.251 e. The van der Waals surface area contributed by atoms with Crippen LogP contribution in [0.2, 0.25) is 0 Å². The Balaban J connectivity index is 1.21. The van der Waals surface area contributed by atoms with Crippen molar-refractivity contribution in [2.45, 2.75) is 45.1 Å². The van der Waals surface area contributed by atoms with Gasteiger partial charge in [-0.25, -0.2) is 4.98 Å². The molecule has 38 heavy (non-hydrogen) atoms. The second kappa shape index (κ2) is 14.1. The number of carbonyl (C=O) groups excluding carboxylic acids is 1. The fourth-order valence-electron chi connectivity index (χ4n) is 4.45. The highest BCUT2D eigenvalue weighted by Gasteiger charge is 2.11. The van der Waals surface area contributed by atoms with E-state index in [-0.39, 0.29) is 5.91 Å². The van der Waals surface area contributed by atoms with Gasteiger partial charge in [-0.3, -0.25) is 4.79 Å². The van der Waals surface area contributed by atoms with Crippen LogP contribution in [0.25, 0.3) is 11.0 Å². The number of nitrogens with one attached hydrogen (secondary N) is 1. The van der Waals surface area contributed by atoms with Gasteiger partial charge >= 0.3 is 0 Å². The van der Waals surface area contributed by atoms with E-state index in [0.717, 1.165) is 67.9 Å². The van der Waals surface area contributed by atoms with Crippen molar-refractivity contribution in [1.82, 2.24) is 14.9 Å². The highest BCUT2D eigenvalue weighted by molar-refractivity contribution is 5.94. The van der Waals surface area contributed by atoms with Crippen LogP contribution in [0.4, 0.5) is 0 Å². The molecule has 1 N–H and O–H groups in total. The van der Waals surface area contributed by atoms with Gasteiger partial charge in [0, 0.05) is 25.1 Å². The third kappa shape index (κ3) is 7.51. The number of aromatic nitrogens is 2. The maximum atomic E-state index is 12.4. The number of unbranched alkanes of at least 4 members (excludes halogenated alkanes) is 3. The number of para-hydroxylation sites is 2. The molecule has 4 aromatic rings. The summed E-state index contributed by atoms with van der Waals surface area (Å²) in [4.78, 5) is 17.3. The van der Waals surface area contributed by atoms with Gasteiger partial charge in [0.15, 0.2) is 0 Å². The zero-order chi connectivity index (χ0) is 26.6. The Morgan fingerprint density at radius 3 is 2.42 bits per heavy atom. The Morgan fingerprint density at radius 1 is 0.816 bits per heavy atom. The van der Waals surface area contributed by atoms with Crippen LogP contribution in [0.15, 0.2) is 72.8 Å². The minimum absolute atomic E-state index is 0.0679. The number of imidazole rings is 1. The largest absolute Gasteiger partial charge is 0.497 e. The Hall–Kier alpha value is -4.00. The van der Waals surface area contributed by atoms with Crippen molar-refractivity contribution in [2.24, 2.45) is 0 Å². The molecule has 0 saturated carbocycles. The van der Waals surface area contributed by atoms with E-state index in [1.807, 2.05) is 42.5 Å². The lowest BCUT2D eigenvalue weighted by Gasteiger charge is -2.11. The predicted molar refractivity (Wildman–Crippen MR) is 150 cm³/mol. The molecule has 1 heterocycles. The van der Waals surface area contributed by atoms with Gasteiger partial charge in [0.05, 0.1) is 31.9 Å². The minimum atomic E-state index is -0.0679. The predicted octanol–water partition coefficient (Wildman–Crippen LogP) is 6.06. The van der Waals surface area contributed by atoms with Crippen LogP contribution in [-0.2, 0) is 13.0 Å². The van der Waals surface area contributed by atoms with Gasteiger partial charge in [-0.15, -0.1) is 0 Å². The average molecular weight is 516 g/mol. The maximum absolute atomic E-state index is 12.4. The molecule has 0 aliphatic carbocycles. The van der Waals surface area contributed by atoms with Crippen molar-refractivity contribution in [1.29, 1.82) is 0 Å². The lowest BCUT2D eigenvalue weighted by molar-refractivity contribution is 0.0952. The van der Waals surface area contributed by atoms with E-state index in [2.05, 4.69) is 28.1 Å². The highest BCUT2D eigenvalue weighted by atomic mass is 16.5. The first-order valence-electron chi connectivity index (χ1n) is 13.3. The Morgan fingerprint density at radius 2 is 1.61 bits per heavy atom. The number of amides is 1. The molecule has 0 spiro atoms. The van der Waals surface area contributed by atoms with Crippen LogP contribution in [0.3, 0.4) is 0 Å². The van der Waals surface area contributed by atoms with Gasteiger partial charge in [-0.1, -0.05) is 24.6 Å². The number of fused-ring (bicyclic) bond motifs is 1. The van der Waals surface area contributed by atoms with Gasteiger partial charge in [0.2, 0.25) is 0 Å². The zero-order valence-electron chi connectivity index (χ0n) is 22.3. The first kappa shape index (κ1) is 27.0. The first-order valence-corrected chi connectivity index (χ1v) is 13.3. The van der Waals surface area contributed by atoms with Crippen LogP contribution >= 0.6 is 0 Å². The molecule has 0 unspecified atom stereocenters. The molecular weight excluding hydrogens is 478 g/mol. The minimum Gasteiger partial charge on any atom is -0.497 e. The first-order chi connectivity index (χ1) is 18.7. The molecule has 7 heteroatoms. The average Bonchev–Trinajstić information content (AvgIpc) is 3.32. The molecule has 1 amide bonds. The highest BCUT2D eigenvalue weighted by Crippen LogP contribution is 2.20. The van der Waals surface area contributed by atoms with Gasteiger partial charge in [0.25, 0.3) is 5.91 Å². The van der Waals surface area contributed by atoms with Crippen LogP contribution < -0.4 is 19.5 Å². The Kier molecular flexibility index (Phi) is 10.0. The Bertz CT molecular complexity index is 1300. The molecule has 0 radical (unpaired) electrons. The summed E-state index contributed by atoms with van der Waals surface area (Å²) in [6.45, 7) is 2.24. The topological polar surface area (TPSA) is 74.6 Å². The van der Waals surface area contributed by atoms with E-state index in [0.29, 0.717) is 24.5 Å². The Labute approximate surface area is 224 Å². The van der Waals surface area contributed by atoms with Crippen LogP contribution in [0.1, 0.15) is 48.3 Å². The summed E-state index contributed by atoms with van der Waals surface area (Å²) in [6, 6.07) is 23.2. The summed E-state index contributed by atoms with van der Waals surface area (Å²) in [7, 11) is 3.26. The molecule has 0 aliphatic heterocycles. The number of aryl methyl sites for hydroxylation is 2. The second-order valence-corrected chi connectivity index (χ2v) is 9.20. The summed E-state index contributed by atoms with van der Waals surface area (Å²) in [5.74, 6) is 3.43. The van der Waals surface area contributed by atoms with E-state index in [9.17, 15) is 4.79 Å². The van der Waals surface area contributed by atoms with Crippen LogP contribution in [-0.4, -0.2) is 42.8 Å². The number of methoxy groups -OCH3 is 2. The number of nitrogens with zero attached hydrogens (tertiary/aromatic N) is 2. The van der Waals surface area contributed by atoms with Crippen LogP contribution in [0.5, 0.6) is 17.2 Å². The van der Waals surface area contributed by atoms with E-state index >= 15 is 0 Å². The molecular formula is C31H37N3O4. The molecule has 1 aromatic heterocycles. The third-order valence-electron chi connectivity index (χ3n) is 6.53. The summed E-state index contributed by atoms with van der Waals surface area (Å²) in [6.07, 6.45) is 5.88. The summed E-state index contributed by atoms with van der Waals surface area (Å²) >= 11 is 0. The lowest BCUT2D eigenvalue weighted by Crippen LogP contribution is -2.24. The monoisotopic (exact) mass is 515 g/mol. The maximum Gasteiger partial charge on any atom is 0.251 e. The lowest BCUT2D eigenvalue weighted by atomic mass is 10.1. The molecule has 0 saturated heterocycles. The number of rotatable bonds is 15. The normalized spacial score (nSPS) is 10.9. The quantitative estimate of drug-likeness (QED) is 0.195. The molecule has 7 nitrogen and oxygen atoms in total. The van der Waals surface area contributed by atoms with E-state index in [1.54, 1.807) is 26.4 Å². The molecule has 0 bridgehead atoms. The number of carbonyl (C=O) groups is 1. The molecule has 200 valence electrons. The fourth-order valence-corrected chi connectivity index (χ4v) is 4.45. The van der Waals surface area contributed by atoms with Crippen molar-refractivity contribution in [2.75, 3.05) is 27.4 Å². The zero-order valence-corrected chi connectivity index (χ0v) is 22.3. The molecule has 0 aliphatic rings. The van der Waals surface area contributed by atoms with E-state index in [1.165, 1.54) is 5.52 Å². The second-order valence-electron chi connectivity index (χ2n) is 9.20. The molecule has 3 aromatic carbocycles. The van der Waals surface area contributed by atoms with Gasteiger partial charge in [-0.2, -0.15) is 0 Å². The summed E-state index contributed by atoms with van der Waals surface area (Å²) < 4.78 is 18.6. The van der Waals surface area contributed by atoms with E-state index in [4.69, 9.17) is 19.2 Å². The summed E-state index contributed by atoms with van der Waals surface area (Å²) in [5.41, 5.74) is 2.85. The molecule has 0 atom stereocenters. The molecule has 0 fully saturated rings. The van der Waals surface area contributed by atoms with E-state index < -0.39 is 0 Å². The third-order valence-corrected chi connectivity index (χ3v) is 6.53. The van der Waals surface area contributed by atoms with Gasteiger partial charge < -0.3 is 24.1 Å². The van der Waals surface area contributed by atoms with Crippen molar-refractivity contribution in [3.63, 3.8) is 0 Å².